The quantitative estimate of drug-likeness (QED) is 0.350. The van der Waals surface area contributed by atoms with Gasteiger partial charge in [-0.1, -0.05) is 29.8 Å². The van der Waals surface area contributed by atoms with Gasteiger partial charge in [0.05, 0.1) is 41.2 Å². The summed E-state index contributed by atoms with van der Waals surface area (Å²) >= 11 is 7.92. The van der Waals surface area contributed by atoms with Gasteiger partial charge in [-0.25, -0.2) is 9.97 Å². The predicted molar refractivity (Wildman–Crippen MR) is 130 cm³/mol. The number of methoxy groups -OCH3 is 1. The number of ether oxygens (including phenoxy) is 1. The van der Waals surface area contributed by atoms with E-state index in [2.05, 4.69) is 15.0 Å². The summed E-state index contributed by atoms with van der Waals surface area (Å²) in [4.78, 5) is 13.7. The summed E-state index contributed by atoms with van der Waals surface area (Å²) in [7, 11) is 3.51. The molecule has 0 aliphatic heterocycles. The number of imidazole rings is 1. The molecular weight excluding hydrogens is 456 g/mol. The zero-order valence-corrected chi connectivity index (χ0v) is 19.6. The summed E-state index contributed by atoms with van der Waals surface area (Å²) in [5.41, 5.74) is 4.47. The summed E-state index contributed by atoms with van der Waals surface area (Å²) in [6.45, 7) is 0. The Balaban J connectivity index is 1.60. The number of aryl methyl sites for hydroxylation is 1. The van der Waals surface area contributed by atoms with Crippen LogP contribution in [0.1, 0.15) is 27.3 Å². The maximum absolute atomic E-state index is 12.0. The van der Waals surface area contributed by atoms with E-state index in [1.807, 2.05) is 60.1 Å². The van der Waals surface area contributed by atoms with Gasteiger partial charge in [-0.05, 0) is 47.0 Å². The van der Waals surface area contributed by atoms with Crippen LogP contribution in [0.25, 0.3) is 10.9 Å². The second kappa shape index (κ2) is 8.59. The molecule has 166 valence electrons. The van der Waals surface area contributed by atoms with Crippen molar-refractivity contribution in [1.29, 1.82) is 0 Å². The summed E-state index contributed by atoms with van der Waals surface area (Å²) in [5.74, 6) is 0.809. The lowest BCUT2D eigenvalue weighted by molar-refractivity contribution is 0.121. The molecule has 1 atom stereocenters. The van der Waals surface area contributed by atoms with Gasteiger partial charge in [0.15, 0.2) is 5.60 Å². The van der Waals surface area contributed by atoms with Crippen LogP contribution < -0.4 is 4.74 Å². The van der Waals surface area contributed by atoms with Crippen molar-refractivity contribution in [3.63, 3.8) is 0 Å². The SMILES string of the molecule is COc1ccc(Cc2cc3cc(C(O)(c4cncs4)c4cncn4C)ccc3nc2Cl)cc1. The fourth-order valence-electron chi connectivity index (χ4n) is 4.03. The lowest BCUT2D eigenvalue weighted by Crippen LogP contribution is -2.30. The molecule has 0 saturated carbocycles. The fourth-order valence-corrected chi connectivity index (χ4v) is 4.99. The number of nitrogens with zero attached hydrogens (tertiary/aromatic N) is 4. The number of pyridine rings is 1. The van der Waals surface area contributed by atoms with Crippen molar-refractivity contribution in [2.24, 2.45) is 7.05 Å². The van der Waals surface area contributed by atoms with Crippen LogP contribution in [-0.2, 0) is 19.1 Å². The molecule has 6 nitrogen and oxygen atoms in total. The number of hydrogen-bond acceptors (Lipinski definition) is 6. The Morgan fingerprint density at radius 1 is 1.09 bits per heavy atom. The standard InChI is InChI=1S/C25H21ClN4O2S/c1-30-14-27-12-22(30)25(31,23-13-28-15-33-23)19-5-8-21-17(11-19)10-18(24(26)29-21)9-16-3-6-20(32-2)7-4-16/h3-8,10-15,31H,9H2,1-2H3. The number of hydrogen-bond donors (Lipinski definition) is 1. The number of aliphatic hydroxyl groups is 1. The Morgan fingerprint density at radius 2 is 1.91 bits per heavy atom. The molecule has 0 aliphatic carbocycles. The molecule has 0 radical (unpaired) electrons. The van der Waals surface area contributed by atoms with Crippen molar-refractivity contribution in [2.75, 3.05) is 7.11 Å². The van der Waals surface area contributed by atoms with Crippen molar-refractivity contribution in [2.45, 2.75) is 12.0 Å². The minimum atomic E-state index is -1.39. The second-order valence-corrected chi connectivity index (χ2v) is 9.08. The molecule has 3 aromatic heterocycles. The van der Waals surface area contributed by atoms with E-state index in [-0.39, 0.29) is 0 Å². The molecular formula is C25H21ClN4O2S. The Hall–Kier alpha value is -3.26. The molecule has 0 spiro atoms. The third-order valence-corrected chi connectivity index (χ3v) is 7.00. The molecule has 33 heavy (non-hydrogen) atoms. The largest absolute Gasteiger partial charge is 0.497 e. The molecule has 3 heterocycles. The molecule has 0 amide bonds. The lowest BCUT2D eigenvalue weighted by Gasteiger charge is -2.28. The lowest BCUT2D eigenvalue weighted by atomic mass is 9.88. The van der Waals surface area contributed by atoms with Gasteiger partial charge >= 0.3 is 0 Å². The van der Waals surface area contributed by atoms with Gasteiger partial charge < -0.3 is 14.4 Å². The average Bonchev–Trinajstić information content (AvgIpc) is 3.52. The molecule has 8 heteroatoms. The number of thiazole rings is 1. The molecule has 5 rings (SSSR count). The van der Waals surface area contributed by atoms with E-state index < -0.39 is 5.60 Å². The zero-order chi connectivity index (χ0) is 23.0. The number of benzene rings is 2. The number of fused-ring (bicyclic) bond motifs is 1. The zero-order valence-electron chi connectivity index (χ0n) is 18.1. The van der Waals surface area contributed by atoms with Crippen LogP contribution in [-0.4, -0.2) is 31.7 Å². The molecule has 1 unspecified atom stereocenters. The monoisotopic (exact) mass is 476 g/mol. The summed E-state index contributed by atoms with van der Waals surface area (Å²) < 4.78 is 7.06. The van der Waals surface area contributed by atoms with Crippen molar-refractivity contribution in [3.8, 4) is 5.75 Å². The van der Waals surface area contributed by atoms with Crippen LogP contribution in [0.4, 0.5) is 0 Å². The molecule has 1 N–H and O–H groups in total. The maximum Gasteiger partial charge on any atom is 0.167 e. The van der Waals surface area contributed by atoms with E-state index in [0.717, 1.165) is 27.8 Å². The fraction of sp³-hybridized carbons (Fsp3) is 0.160. The van der Waals surface area contributed by atoms with Crippen LogP contribution in [0.2, 0.25) is 5.15 Å². The van der Waals surface area contributed by atoms with E-state index in [0.29, 0.717) is 27.7 Å². The van der Waals surface area contributed by atoms with Crippen LogP contribution in [0.3, 0.4) is 0 Å². The van der Waals surface area contributed by atoms with Crippen LogP contribution >= 0.6 is 22.9 Å². The average molecular weight is 477 g/mol. The Labute approximate surface area is 200 Å². The van der Waals surface area contributed by atoms with Gasteiger partial charge in [-0.2, -0.15) is 0 Å². The van der Waals surface area contributed by atoms with Crippen molar-refractivity contribution < 1.29 is 9.84 Å². The maximum atomic E-state index is 12.0. The normalized spacial score (nSPS) is 13.2. The number of aromatic nitrogens is 4. The van der Waals surface area contributed by atoms with E-state index >= 15 is 0 Å². The summed E-state index contributed by atoms with van der Waals surface area (Å²) in [5, 5.41) is 13.4. The Bertz CT molecular complexity index is 1420. The number of rotatable bonds is 6. The van der Waals surface area contributed by atoms with E-state index in [1.54, 1.807) is 31.3 Å². The number of halogens is 1. The van der Waals surface area contributed by atoms with Crippen LogP contribution in [0.5, 0.6) is 5.75 Å². The van der Waals surface area contributed by atoms with Crippen LogP contribution in [0.15, 0.2) is 72.8 Å². The third-order valence-electron chi connectivity index (χ3n) is 5.79. The first-order chi connectivity index (χ1) is 16.0. The van der Waals surface area contributed by atoms with Crippen LogP contribution in [0, 0.1) is 0 Å². The van der Waals surface area contributed by atoms with Gasteiger partial charge in [-0.3, -0.25) is 4.98 Å². The van der Waals surface area contributed by atoms with Crippen molar-refractivity contribution >= 4 is 33.8 Å². The first kappa shape index (κ1) is 21.6. The predicted octanol–water partition coefficient (Wildman–Crippen LogP) is 4.96. The topological polar surface area (TPSA) is 73.1 Å². The summed E-state index contributed by atoms with van der Waals surface area (Å²) in [6, 6.07) is 15.6. The van der Waals surface area contributed by atoms with Gasteiger partial charge in [0, 0.05) is 25.1 Å². The van der Waals surface area contributed by atoms with Gasteiger partial charge in [0.2, 0.25) is 0 Å². The van der Waals surface area contributed by atoms with Gasteiger partial charge in [-0.15, -0.1) is 11.3 Å². The molecule has 2 aromatic carbocycles. The highest BCUT2D eigenvalue weighted by molar-refractivity contribution is 7.09. The van der Waals surface area contributed by atoms with Gasteiger partial charge in [0.1, 0.15) is 10.9 Å². The Kier molecular flexibility index (Phi) is 5.62. The molecule has 5 aromatic rings. The molecule has 0 fully saturated rings. The van der Waals surface area contributed by atoms with Gasteiger partial charge in [0.25, 0.3) is 0 Å². The minimum Gasteiger partial charge on any atom is -0.497 e. The third kappa shape index (κ3) is 3.88. The Morgan fingerprint density at radius 3 is 2.58 bits per heavy atom. The minimum absolute atomic E-state index is 0.468. The van der Waals surface area contributed by atoms with Crippen molar-refractivity contribution in [1.82, 2.24) is 19.5 Å². The first-order valence-electron chi connectivity index (χ1n) is 10.3. The highest BCUT2D eigenvalue weighted by Crippen LogP contribution is 2.39. The first-order valence-corrected chi connectivity index (χ1v) is 11.6. The smallest absolute Gasteiger partial charge is 0.167 e. The van der Waals surface area contributed by atoms with Crippen molar-refractivity contribution in [3.05, 3.63) is 105 Å². The van der Waals surface area contributed by atoms with E-state index in [1.165, 1.54) is 11.3 Å². The van der Waals surface area contributed by atoms with E-state index in [4.69, 9.17) is 16.3 Å². The molecule has 0 aliphatic rings. The second-order valence-electron chi connectivity index (χ2n) is 7.84. The highest BCUT2D eigenvalue weighted by Gasteiger charge is 2.38. The van der Waals surface area contributed by atoms with E-state index in [9.17, 15) is 5.11 Å². The molecule has 0 saturated heterocycles. The summed E-state index contributed by atoms with van der Waals surface area (Å²) in [6.07, 6.45) is 5.68. The highest BCUT2D eigenvalue weighted by atomic mass is 35.5. The molecule has 0 bridgehead atoms.